The first-order valence-corrected chi connectivity index (χ1v) is 14.8. The molecule has 232 valence electrons. The molecule has 10 heteroatoms. The van der Waals surface area contributed by atoms with Crippen LogP contribution in [-0.4, -0.2) is 41.5 Å². The van der Waals surface area contributed by atoms with Crippen molar-refractivity contribution in [2.75, 3.05) is 13.2 Å². The minimum absolute atomic E-state index is 0.0616. The number of carbonyl (C=O) groups is 1. The molecule has 0 fully saturated rings. The molecule has 1 heterocycles. The first-order chi connectivity index (χ1) is 21.7. The number of aliphatic carboxylic acids is 1. The summed E-state index contributed by atoms with van der Waals surface area (Å²) in [7, 11) is 0. The molecule has 0 spiro atoms. The summed E-state index contributed by atoms with van der Waals surface area (Å²) in [6.07, 6.45) is -1.13. The van der Waals surface area contributed by atoms with Crippen LogP contribution < -0.4 is 24.3 Å². The number of benzene rings is 4. The number of nitrogens with one attached hydrogen (secondary N) is 1. The Balaban J connectivity index is 1.38. The van der Waals surface area contributed by atoms with E-state index in [1.165, 1.54) is 6.92 Å². The van der Waals surface area contributed by atoms with Gasteiger partial charge in [-0.25, -0.2) is 0 Å². The van der Waals surface area contributed by atoms with Crippen molar-refractivity contribution in [1.82, 2.24) is 5.32 Å². The number of hydrogen-bond acceptors (Lipinski definition) is 8. The van der Waals surface area contributed by atoms with Gasteiger partial charge in [-0.15, -0.1) is 0 Å². The van der Waals surface area contributed by atoms with Crippen LogP contribution in [0.3, 0.4) is 0 Å². The van der Waals surface area contributed by atoms with E-state index >= 15 is 0 Å². The van der Waals surface area contributed by atoms with Gasteiger partial charge in [0, 0.05) is 18.2 Å². The highest BCUT2D eigenvalue weighted by molar-refractivity contribution is 6.32. The number of rotatable bonds is 12. The number of nitriles is 1. The molecular formula is C35H33ClN2O7. The van der Waals surface area contributed by atoms with Crippen LogP contribution in [-0.2, 0) is 24.6 Å². The zero-order valence-corrected chi connectivity index (χ0v) is 25.6. The maximum absolute atomic E-state index is 11.6. The zero-order valence-electron chi connectivity index (χ0n) is 24.9. The number of nitrogens with zero attached hydrogens (tertiary/aromatic N) is 1. The van der Waals surface area contributed by atoms with E-state index in [9.17, 15) is 20.3 Å². The molecule has 0 amide bonds. The number of ether oxygens (including phenoxy) is 4. The average molecular weight is 629 g/mol. The van der Waals surface area contributed by atoms with E-state index in [0.717, 1.165) is 39.3 Å². The highest BCUT2D eigenvalue weighted by Gasteiger charge is 2.23. The minimum Gasteiger partial charge on any atom is -0.488 e. The highest BCUT2D eigenvalue weighted by atomic mass is 35.5. The Bertz CT molecular complexity index is 1730. The number of aliphatic hydroxyl groups excluding tert-OH is 1. The summed E-state index contributed by atoms with van der Waals surface area (Å²) in [5.41, 5.74) is 5.90. The lowest BCUT2D eigenvalue weighted by atomic mass is 9.96. The number of carboxylic acid groups (broad SMARTS) is 1. The Morgan fingerprint density at radius 1 is 0.978 bits per heavy atom. The fraction of sp³-hybridized carbons (Fsp3) is 0.257. The van der Waals surface area contributed by atoms with E-state index in [-0.39, 0.29) is 19.8 Å². The molecule has 0 radical (unpaired) electrons. The first kappa shape index (κ1) is 31.7. The third-order valence-electron chi connectivity index (χ3n) is 7.51. The number of carboxylic acids is 1. The van der Waals surface area contributed by atoms with Crippen molar-refractivity contribution in [3.63, 3.8) is 0 Å². The van der Waals surface area contributed by atoms with Crippen LogP contribution in [0.25, 0.3) is 11.1 Å². The van der Waals surface area contributed by atoms with Crippen LogP contribution in [0.2, 0.25) is 5.02 Å². The lowest BCUT2D eigenvalue weighted by Gasteiger charge is -2.20. The van der Waals surface area contributed by atoms with Gasteiger partial charge in [0.15, 0.2) is 11.5 Å². The molecule has 45 heavy (non-hydrogen) atoms. The van der Waals surface area contributed by atoms with E-state index in [1.807, 2.05) is 49.4 Å². The van der Waals surface area contributed by atoms with Gasteiger partial charge in [-0.05, 0) is 72.0 Å². The van der Waals surface area contributed by atoms with Gasteiger partial charge in [-0.3, -0.25) is 10.1 Å². The molecule has 2 atom stereocenters. The Morgan fingerprint density at radius 3 is 2.49 bits per heavy atom. The van der Waals surface area contributed by atoms with E-state index in [2.05, 4.69) is 11.4 Å². The number of halogens is 1. The number of aliphatic hydroxyl groups is 1. The maximum atomic E-state index is 11.6. The second-order valence-electron chi connectivity index (χ2n) is 10.7. The summed E-state index contributed by atoms with van der Waals surface area (Å²) in [4.78, 5) is 11.6. The van der Waals surface area contributed by atoms with Crippen LogP contribution in [0.4, 0.5) is 0 Å². The van der Waals surface area contributed by atoms with Crippen molar-refractivity contribution in [2.45, 2.75) is 45.8 Å². The molecular weight excluding hydrogens is 596 g/mol. The fourth-order valence-electron chi connectivity index (χ4n) is 5.05. The summed E-state index contributed by atoms with van der Waals surface area (Å²) in [5, 5.41) is 31.8. The molecule has 1 aliphatic heterocycles. The molecule has 0 aromatic heterocycles. The van der Waals surface area contributed by atoms with Crippen LogP contribution in [0.15, 0.2) is 72.8 Å². The van der Waals surface area contributed by atoms with Crippen LogP contribution in [0, 0.1) is 18.3 Å². The van der Waals surface area contributed by atoms with Gasteiger partial charge >= 0.3 is 5.97 Å². The van der Waals surface area contributed by atoms with Crippen LogP contribution in [0.1, 0.15) is 34.7 Å². The third kappa shape index (κ3) is 7.67. The van der Waals surface area contributed by atoms with Gasteiger partial charge in [0.25, 0.3) is 0 Å². The molecule has 3 N–H and O–H groups in total. The summed E-state index contributed by atoms with van der Waals surface area (Å²) in [6, 6.07) is 23.2. The van der Waals surface area contributed by atoms with Gasteiger partial charge in [0.2, 0.25) is 0 Å². The van der Waals surface area contributed by atoms with Crippen molar-refractivity contribution in [3.8, 4) is 40.2 Å². The number of hydrogen-bond donors (Lipinski definition) is 3. The fourth-order valence-corrected chi connectivity index (χ4v) is 5.29. The van der Waals surface area contributed by atoms with Gasteiger partial charge in [0.05, 0.1) is 22.8 Å². The van der Waals surface area contributed by atoms with Gasteiger partial charge in [-0.2, -0.15) is 5.26 Å². The standard InChI is InChI=1S/C35H33ClN2O7/c1-21-26(7-4-8-28(21)25-9-10-30-33(15-25)43-12-11-42-30)20-45-32-16-31(44-19-24-6-3-5-23(13-24)17-37)27(14-29(32)36)18-38-34(22(2)39)35(40)41/h3-10,13-16,22,34,38-39H,11-12,18-20H2,1-2H3,(H,40,41)/t22-,34+/m0/s1. The second-order valence-corrected chi connectivity index (χ2v) is 11.1. The predicted molar refractivity (Wildman–Crippen MR) is 169 cm³/mol. The largest absolute Gasteiger partial charge is 0.488 e. The Hall–Kier alpha value is -4.75. The van der Waals surface area contributed by atoms with Gasteiger partial charge in [-0.1, -0.05) is 48.0 Å². The molecule has 0 saturated carbocycles. The van der Waals surface area contributed by atoms with Crippen molar-refractivity contribution < 1.29 is 34.0 Å². The minimum atomic E-state index is -1.19. The van der Waals surface area contributed by atoms with E-state index in [0.29, 0.717) is 40.9 Å². The molecule has 0 saturated heterocycles. The SMILES string of the molecule is Cc1c(COc2cc(OCc3cccc(C#N)c3)c(CN[C@@H](C(=O)O)[C@H](C)O)cc2Cl)cccc1-c1ccc2c(c1)OCCO2. The quantitative estimate of drug-likeness (QED) is 0.172. The number of fused-ring (bicyclic) bond motifs is 1. The van der Waals surface area contributed by atoms with E-state index < -0.39 is 18.1 Å². The van der Waals surface area contributed by atoms with Crippen molar-refractivity contribution in [3.05, 3.63) is 106 Å². The second kappa shape index (κ2) is 14.4. The summed E-state index contributed by atoms with van der Waals surface area (Å²) < 4.78 is 23.8. The van der Waals surface area contributed by atoms with Crippen LogP contribution in [0.5, 0.6) is 23.0 Å². The highest BCUT2D eigenvalue weighted by Crippen LogP contribution is 2.37. The first-order valence-electron chi connectivity index (χ1n) is 14.4. The normalized spacial score (nSPS) is 13.4. The van der Waals surface area contributed by atoms with Crippen molar-refractivity contribution in [1.29, 1.82) is 5.26 Å². The molecule has 0 bridgehead atoms. The molecule has 0 unspecified atom stereocenters. The van der Waals surface area contributed by atoms with Crippen LogP contribution >= 0.6 is 11.6 Å². The molecule has 5 rings (SSSR count). The zero-order chi connectivity index (χ0) is 31.9. The molecule has 1 aliphatic rings. The third-order valence-corrected chi connectivity index (χ3v) is 7.80. The van der Waals surface area contributed by atoms with E-state index in [1.54, 1.807) is 30.3 Å². The lowest BCUT2D eigenvalue weighted by Crippen LogP contribution is -2.44. The van der Waals surface area contributed by atoms with E-state index in [4.69, 9.17) is 30.5 Å². The average Bonchev–Trinajstić information content (AvgIpc) is 3.04. The molecule has 9 nitrogen and oxygen atoms in total. The summed E-state index contributed by atoms with van der Waals surface area (Å²) in [6.45, 7) is 4.92. The smallest absolute Gasteiger partial charge is 0.323 e. The van der Waals surface area contributed by atoms with Gasteiger partial charge in [0.1, 0.15) is 44.0 Å². The topological polar surface area (TPSA) is 130 Å². The molecule has 0 aliphatic carbocycles. The summed E-state index contributed by atoms with van der Waals surface area (Å²) in [5.74, 6) is 1.07. The Kier molecular flexibility index (Phi) is 10.1. The Labute approximate surface area is 266 Å². The molecule has 4 aromatic rings. The molecule has 4 aromatic carbocycles. The van der Waals surface area contributed by atoms with Gasteiger partial charge < -0.3 is 29.2 Å². The lowest BCUT2D eigenvalue weighted by molar-refractivity contribution is -0.142. The van der Waals surface area contributed by atoms with Crippen molar-refractivity contribution >= 4 is 17.6 Å². The van der Waals surface area contributed by atoms with Crippen molar-refractivity contribution in [2.24, 2.45) is 0 Å². The maximum Gasteiger partial charge on any atom is 0.323 e. The Morgan fingerprint density at radius 2 is 1.73 bits per heavy atom. The summed E-state index contributed by atoms with van der Waals surface area (Å²) >= 11 is 6.66. The predicted octanol–water partition coefficient (Wildman–Crippen LogP) is 6.04. The monoisotopic (exact) mass is 628 g/mol.